The lowest BCUT2D eigenvalue weighted by Crippen LogP contribution is -2.11. The zero-order valence-electron chi connectivity index (χ0n) is 16.6. The SMILES string of the molecule is CC(C)=O.CCC(C)=O.CNC(C)=O.COC(C)=O.COC(C)=O. The highest BCUT2D eigenvalue weighted by Gasteiger charge is 1.77. The standard InChI is InChI=1S/C4H8O.C3H7NO.2C3H6O2.C3H6O/c1-3-4(2)5;1-3(5)4-2;2*1-3(4)5-2;1-3(2)4/h3H2,1-2H3;1-2H3,(H,4,5);2*1-2H3;1-2H3. The maximum Gasteiger partial charge on any atom is 0.302 e. The van der Waals surface area contributed by atoms with E-state index in [2.05, 4.69) is 14.8 Å². The zero-order chi connectivity index (χ0) is 20.7. The van der Waals surface area contributed by atoms with Crippen LogP contribution in [0.5, 0.6) is 0 Å². The molecule has 144 valence electrons. The molecule has 0 atom stereocenters. The van der Waals surface area contributed by atoms with E-state index in [9.17, 15) is 24.0 Å². The molecule has 0 spiro atoms. The topological polar surface area (TPSA) is 116 Å². The highest BCUT2D eigenvalue weighted by Crippen LogP contribution is 1.71. The number of amides is 1. The second-order valence-electron chi connectivity index (χ2n) is 4.16. The summed E-state index contributed by atoms with van der Waals surface area (Å²) >= 11 is 0. The Hall–Kier alpha value is -2.25. The Kier molecular flexibility index (Phi) is 40.1. The summed E-state index contributed by atoms with van der Waals surface area (Å²) < 4.78 is 8.22. The van der Waals surface area contributed by atoms with Crippen molar-refractivity contribution in [1.82, 2.24) is 5.32 Å². The lowest BCUT2D eigenvalue weighted by molar-refractivity contribution is -0.138. The maximum absolute atomic E-state index is 9.81. The average molecular weight is 351 g/mol. The Morgan fingerprint density at radius 2 is 0.875 bits per heavy atom. The summed E-state index contributed by atoms with van der Waals surface area (Å²) in [6.07, 6.45) is 0.667. The highest BCUT2D eigenvalue weighted by molar-refractivity contribution is 5.75. The minimum absolute atomic E-state index is 0.00463. The van der Waals surface area contributed by atoms with Crippen LogP contribution < -0.4 is 5.32 Å². The first kappa shape index (κ1) is 33.4. The Morgan fingerprint density at radius 1 is 0.750 bits per heavy atom. The number of carbonyl (C=O) groups excluding carboxylic acids is 5. The van der Waals surface area contributed by atoms with E-state index in [4.69, 9.17) is 0 Å². The van der Waals surface area contributed by atoms with E-state index in [1.807, 2.05) is 6.92 Å². The molecule has 1 N–H and O–H groups in total. The number of ether oxygens (including phenoxy) is 2. The Bertz CT molecular complexity index is 292. The molecule has 0 rings (SSSR count). The van der Waals surface area contributed by atoms with Crippen molar-refractivity contribution in [3.63, 3.8) is 0 Å². The number of carbonyl (C=O) groups is 5. The van der Waals surface area contributed by atoms with Gasteiger partial charge in [0.2, 0.25) is 5.91 Å². The van der Waals surface area contributed by atoms with Crippen molar-refractivity contribution >= 4 is 29.4 Å². The third kappa shape index (κ3) is 210. The van der Waals surface area contributed by atoms with Gasteiger partial charge in [0.15, 0.2) is 0 Å². The van der Waals surface area contributed by atoms with Crippen LogP contribution in [0.15, 0.2) is 0 Å². The van der Waals surface area contributed by atoms with Crippen LogP contribution in [0, 0.1) is 0 Å². The second-order valence-corrected chi connectivity index (χ2v) is 4.16. The van der Waals surface area contributed by atoms with Crippen LogP contribution >= 0.6 is 0 Å². The number of nitrogens with one attached hydrogen (secondary N) is 1. The number of Topliss-reactive ketones (excluding diaryl/α,β-unsaturated/α-hetero) is 2. The van der Waals surface area contributed by atoms with Gasteiger partial charge in [0.1, 0.15) is 11.6 Å². The first-order chi connectivity index (χ1) is 10.8. The van der Waals surface area contributed by atoms with Gasteiger partial charge in [-0.1, -0.05) is 6.92 Å². The van der Waals surface area contributed by atoms with Crippen LogP contribution in [0.25, 0.3) is 0 Å². The molecule has 0 saturated carbocycles. The molecular formula is C16H33NO7. The average Bonchev–Trinajstić information content (AvgIpc) is 2.48. The van der Waals surface area contributed by atoms with Crippen molar-refractivity contribution in [2.45, 2.75) is 54.9 Å². The van der Waals surface area contributed by atoms with E-state index in [1.165, 1.54) is 48.8 Å². The normalized spacial score (nSPS) is 6.92. The molecule has 0 aliphatic carbocycles. The van der Waals surface area contributed by atoms with E-state index in [-0.39, 0.29) is 29.4 Å². The summed E-state index contributed by atoms with van der Waals surface area (Å²) in [4.78, 5) is 48.1. The van der Waals surface area contributed by atoms with E-state index in [0.29, 0.717) is 6.42 Å². The molecule has 0 aromatic carbocycles. The first-order valence-corrected chi connectivity index (χ1v) is 7.06. The summed E-state index contributed by atoms with van der Waals surface area (Å²) in [5.41, 5.74) is 0. The van der Waals surface area contributed by atoms with Gasteiger partial charge in [0, 0.05) is 34.2 Å². The van der Waals surface area contributed by atoms with Crippen molar-refractivity contribution in [3.05, 3.63) is 0 Å². The lowest BCUT2D eigenvalue weighted by atomic mass is 10.4. The fourth-order valence-electron chi connectivity index (χ4n) is 0. The largest absolute Gasteiger partial charge is 0.469 e. The van der Waals surface area contributed by atoms with Gasteiger partial charge in [0.05, 0.1) is 14.2 Å². The molecule has 0 aliphatic heterocycles. The Balaban J connectivity index is -0.0000000628. The van der Waals surface area contributed by atoms with Gasteiger partial charge >= 0.3 is 11.9 Å². The van der Waals surface area contributed by atoms with Gasteiger partial charge in [-0.2, -0.15) is 0 Å². The quantitative estimate of drug-likeness (QED) is 0.715. The van der Waals surface area contributed by atoms with Crippen LogP contribution in [0.2, 0.25) is 0 Å². The van der Waals surface area contributed by atoms with Gasteiger partial charge in [-0.15, -0.1) is 0 Å². The third-order valence-corrected chi connectivity index (χ3v) is 1.42. The summed E-state index contributed by atoms with van der Waals surface area (Å²) in [6, 6.07) is 0. The maximum atomic E-state index is 9.81. The van der Waals surface area contributed by atoms with Crippen molar-refractivity contribution in [1.29, 1.82) is 0 Å². The van der Waals surface area contributed by atoms with Crippen molar-refractivity contribution in [2.24, 2.45) is 0 Å². The van der Waals surface area contributed by atoms with Crippen LogP contribution in [0.3, 0.4) is 0 Å². The van der Waals surface area contributed by atoms with Crippen LogP contribution in [0.1, 0.15) is 54.9 Å². The van der Waals surface area contributed by atoms with E-state index >= 15 is 0 Å². The first-order valence-electron chi connectivity index (χ1n) is 7.06. The number of rotatable bonds is 1. The molecule has 0 heterocycles. The van der Waals surface area contributed by atoms with Crippen LogP contribution in [0.4, 0.5) is 0 Å². The van der Waals surface area contributed by atoms with E-state index in [1.54, 1.807) is 14.0 Å². The summed E-state index contributed by atoms with van der Waals surface area (Å²) in [6.45, 7) is 10.7. The van der Waals surface area contributed by atoms with Crippen molar-refractivity contribution in [3.8, 4) is 0 Å². The number of methoxy groups -OCH3 is 2. The lowest BCUT2D eigenvalue weighted by Gasteiger charge is -1.80. The molecule has 0 fully saturated rings. The molecule has 24 heavy (non-hydrogen) atoms. The molecule has 0 aliphatic rings. The second kappa shape index (κ2) is 28.8. The van der Waals surface area contributed by atoms with Gasteiger partial charge < -0.3 is 24.4 Å². The molecule has 0 bridgehead atoms. The fourth-order valence-corrected chi connectivity index (χ4v) is 0. The summed E-state index contributed by atoms with van der Waals surface area (Å²) in [5, 5.41) is 2.39. The summed E-state index contributed by atoms with van der Waals surface area (Å²) in [5.74, 6) is -0.0648. The third-order valence-electron chi connectivity index (χ3n) is 1.42. The van der Waals surface area contributed by atoms with Crippen molar-refractivity contribution in [2.75, 3.05) is 21.3 Å². The van der Waals surface area contributed by atoms with Gasteiger partial charge in [-0.3, -0.25) is 14.4 Å². The van der Waals surface area contributed by atoms with Crippen molar-refractivity contribution < 1.29 is 33.4 Å². The van der Waals surface area contributed by atoms with E-state index < -0.39 is 0 Å². The number of esters is 2. The summed E-state index contributed by atoms with van der Waals surface area (Å²) in [7, 11) is 4.30. The number of hydrogen-bond acceptors (Lipinski definition) is 7. The zero-order valence-corrected chi connectivity index (χ0v) is 16.6. The molecule has 1 amide bonds. The Morgan fingerprint density at radius 3 is 0.875 bits per heavy atom. The molecule has 8 heteroatoms. The predicted octanol–water partition coefficient (Wildman–Crippen LogP) is 1.69. The van der Waals surface area contributed by atoms with Crippen LogP contribution in [-0.2, 0) is 33.4 Å². The predicted molar refractivity (Wildman–Crippen MR) is 92.4 cm³/mol. The van der Waals surface area contributed by atoms with Gasteiger partial charge in [-0.05, 0) is 20.8 Å². The van der Waals surface area contributed by atoms with Gasteiger partial charge in [-0.25, -0.2) is 0 Å². The molecule has 0 saturated heterocycles. The monoisotopic (exact) mass is 351 g/mol. The van der Waals surface area contributed by atoms with E-state index in [0.717, 1.165) is 0 Å². The Labute approximate surface area is 145 Å². The van der Waals surface area contributed by atoms with Gasteiger partial charge in [0.25, 0.3) is 0 Å². The molecule has 0 unspecified atom stereocenters. The number of ketones is 2. The smallest absolute Gasteiger partial charge is 0.302 e. The molecule has 0 radical (unpaired) electrons. The van der Waals surface area contributed by atoms with Crippen LogP contribution in [-0.4, -0.2) is 50.7 Å². The fraction of sp³-hybridized carbons (Fsp3) is 0.688. The molecule has 0 aromatic rings. The minimum atomic E-state index is -0.245. The molecule has 0 aromatic heterocycles. The molecular weight excluding hydrogens is 318 g/mol. The highest BCUT2D eigenvalue weighted by atomic mass is 16.5. The molecule has 8 nitrogen and oxygen atoms in total. The number of hydrogen-bond donors (Lipinski definition) is 1. The minimum Gasteiger partial charge on any atom is -0.469 e.